The summed E-state index contributed by atoms with van der Waals surface area (Å²) in [5, 5.41) is 9.19. The van der Waals surface area contributed by atoms with Crippen molar-refractivity contribution < 1.29 is 19.4 Å². The molecule has 0 unspecified atom stereocenters. The monoisotopic (exact) mass is 237 g/mol. The Labute approximate surface area is 99.1 Å². The largest absolute Gasteiger partial charge is 0.486 e. The number of hydrogen-bond donors (Lipinski definition) is 2. The van der Waals surface area contributed by atoms with Crippen molar-refractivity contribution in [3.8, 4) is 11.5 Å². The van der Waals surface area contributed by atoms with E-state index in [-0.39, 0.29) is 11.5 Å². The molecule has 17 heavy (non-hydrogen) atoms. The second-order valence-electron chi connectivity index (χ2n) is 4.24. The first-order chi connectivity index (χ1) is 8.02. The van der Waals surface area contributed by atoms with E-state index in [1.54, 1.807) is 0 Å². The SMILES string of the molecule is CC(C)c1c(C(=O)O)cc(N)c2c1OCCO2. The fraction of sp³-hybridized carbons (Fsp3) is 0.417. The average molecular weight is 237 g/mol. The molecule has 0 aliphatic carbocycles. The van der Waals surface area contributed by atoms with E-state index in [0.29, 0.717) is 36.0 Å². The number of ether oxygens (including phenoxy) is 2. The molecule has 0 spiro atoms. The van der Waals surface area contributed by atoms with Crippen molar-refractivity contribution in [2.75, 3.05) is 18.9 Å². The maximum absolute atomic E-state index is 11.2. The van der Waals surface area contributed by atoms with Crippen LogP contribution in [0.2, 0.25) is 0 Å². The highest BCUT2D eigenvalue weighted by molar-refractivity contribution is 5.93. The summed E-state index contributed by atoms with van der Waals surface area (Å²) in [6.45, 7) is 4.67. The molecule has 3 N–H and O–H groups in total. The summed E-state index contributed by atoms with van der Waals surface area (Å²) in [6.07, 6.45) is 0. The maximum atomic E-state index is 11.2. The quantitative estimate of drug-likeness (QED) is 0.767. The Kier molecular flexibility index (Phi) is 2.83. The van der Waals surface area contributed by atoms with Gasteiger partial charge in [-0.3, -0.25) is 0 Å². The lowest BCUT2D eigenvalue weighted by molar-refractivity contribution is 0.0693. The van der Waals surface area contributed by atoms with Crippen LogP contribution in [0.5, 0.6) is 11.5 Å². The van der Waals surface area contributed by atoms with Gasteiger partial charge in [-0.05, 0) is 12.0 Å². The van der Waals surface area contributed by atoms with Crippen LogP contribution in [0.4, 0.5) is 5.69 Å². The van der Waals surface area contributed by atoms with E-state index < -0.39 is 5.97 Å². The van der Waals surface area contributed by atoms with E-state index in [4.69, 9.17) is 15.2 Å². The summed E-state index contributed by atoms with van der Waals surface area (Å²) in [5.41, 5.74) is 6.91. The van der Waals surface area contributed by atoms with E-state index in [2.05, 4.69) is 0 Å². The van der Waals surface area contributed by atoms with Gasteiger partial charge >= 0.3 is 5.97 Å². The zero-order valence-corrected chi connectivity index (χ0v) is 9.82. The smallest absolute Gasteiger partial charge is 0.336 e. The molecule has 5 nitrogen and oxygen atoms in total. The van der Waals surface area contributed by atoms with Crippen LogP contribution in [-0.2, 0) is 0 Å². The maximum Gasteiger partial charge on any atom is 0.336 e. The molecule has 0 atom stereocenters. The Balaban J connectivity index is 2.71. The van der Waals surface area contributed by atoms with Gasteiger partial charge in [0.1, 0.15) is 13.2 Å². The first kappa shape index (κ1) is 11.6. The molecule has 2 rings (SSSR count). The average Bonchev–Trinajstić information content (AvgIpc) is 2.28. The van der Waals surface area contributed by atoms with E-state index in [9.17, 15) is 9.90 Å². The van der Waals surface area contributed by atoms with Gasteiger partial charge in [-0.1, -0.05) is 13.8 Å². The predicted octanol–water partition coefficient (Wildman–Crippen LogP) is 1.86. The number of nitrogens with two attached hydrogens (primary N) is 1. The van der Waals surface area contributed by atoms with E-state index in [1.165, 1.54) is 6.07 Å². The Morgan fingerprint density at radius 2 is 1.94 bits per heavy atom. The summed E-state index contributed by atoms with van der Waals surface area (Å²) in [6, 6.07) is 1.44. The molecule has 1 aliphatic heterocycles. The van der Waals surface area contributed by atoms with Crippen LogP contribution in [0.15, 0.2) is 6.07 Å². The summed E-state index contributed by atoms with van der Waals surface area (Å²) in [7, 11) is 0. The Bertz CT molecular complexity index is 468. The van der Waals surface area contributed by atoms with Crippen molar-refractivity contribution in [2.24, 2.45) is 0 Å². The van der Waals surface area contributed by atoms with E-state index in [1.807, 2.05) is 13.8 Å². The van der Waals surface area contributed by atoms with Crippen LogP contribution in [-0.4, -0.2) is 24.3 Å². The summed E-state index contributed by atoms with van der Waals surface area (Å²) in [5.74, 6) is -0.0388. The lowest BCUT2D eigenvalue weighted by Crippen LogP contribution is -2.20. The fourth-order valence-corrected chi connectivity index (χ4v) is 2.00. The molecule has 1 aliphatic rings. The fourth-order valence-electron chi connectivity index (χ4n) is 2.00. The number of anilines is 1. The van der Waals surface area contributed by atoms with Crippen LogP contribution in [0.3, 0.4) is 0 Å². The summed E-state index contributed by atoms with van der Waals surface area (Å²) < 4.78 is 11.0. The minimum atomic E-state index is -1.00. The predicted molar refractivity (Wildman–Crippen MR) is 62.9 cm³/mol. The lowest BCUT2D eigenvalue weighted by Gasteiger charge is -2.25. The zero-order valence-electron chi connectivity index (χ0n) is 9.82. The van der Waals surface area contributed by atoms with Crippen LogP contribution < -0.4 is 15.2 Å². The van der Waals surface area contributed by atoms with Gasteiger partial charge in [-0.2, -0.15) is 0 Å². The molecule has 0 saturated carbocycles. The molecule has 0 fully saturated rings. The molecule has 0 saturated heterocycles. The number of hydrogen-bond acceptors (Lipinski definition) is 4. The first-order valence-corrected chi connectivity index (χ1v) is 5.47. The molecule has 0 amide bonds. The molecule has 0 bridgehead atoms. The van der Waals surface area contributed by atoms with Gasteiger partial charge in [0.2, 0.25) is 0 Å². The van der Waals surface area contributed by atoms with Crippen molar-refractivity contribution in [1.29, 1.82) is 0 Å². The van der Waals surface area contributed by atoms with Gasteiger partial charge < -0.3 is 20.3 Å². The van der Waals surface area contributed by atoms with Crippen molar-refractivity contribution in [3.63, 3.8) is 0 Å². The number of aromatic carboxylic acids is 1. The molecule has 1 aromatic carbocycles. The topological polar surface area (TPSA) is 81.8 Å². The highest BCUT2D eigenvalue weighted by Gasteiger charge is 2.26. The van der Waals surface area contributed by atoms with Crippen molar-refractivity contribution in [1.82, 2.24) is 0 Å². The number of carbonyl (C=O) groups is 1. The van der Waals surface area contributed by atoms with E-state index in [0.717, 1.165) is 0 Å². The number of nitrogen functional groups attached to an aromatic ring is 1. The molecule has 0 radical (unpaired) electrons. The number of carboxylic acid groups (broad SMARTS) is 1. The second kappa shape index (κ2) is 4.16. The van der Waals surface area contributed by atoms with Gasteiger partial charge in [-0.25, -0.2) is 4.79 Å². The standard InChI is InChI=1S/C12H15NO4/c1-6(2)9-7(12(14)15)5-8(13)10-11(9)17-4-3-16-10/h5-6H,3-4,13H2,1-2H3,(H,14,15). The lowest BCUT2D eigenvalue weighted by atomic mass is 9.94. The number of rotatable bonds is 2. The van der Waals surface area contributed by atoms with Crippen LogP contribution in [0, 0.1) is 0 Å². The Morgan fingerprint density at radius 1 is 1.35 bits per heavy atom. The highest BCUT2D eigenvalue weighted by Crippen LogP contribution is 2.44. The van der Waals surface area contributed by atoms with Gasteiger partial charge in [0.15, 0.2) is 11.5 Å². The molecule has 1 aromatic rings. The first-order valence-electron chi connectivity index (χ1n) is 5.47. The molecule has 5 heteroatoms. The molecular formula is C12H15NO4. The summed E-state index contributed by atoms with van der Waals surface area (Å²) >= 11 is 0. The number of benzene rings is 1. The van der Waals surface area contributed by atoms with Crippen LogP contribution in [0.1, 0.15) is 35.7 Å². The van der Waals surface area contributed by atoms with Gasteiger partial charge in [0.05, 0.1) is 11.3 Å². The zero-order chi connectivity index (χ0) is 12.6. The van der Waals surface area contributed by atoms with Crippen LogP contribution >= 0.6 is 0 Å². The minimum Gasteiger partial charge on any atom is -0.486 e. The van der Waals surface area contributed by atoms with Crippen molar-refractivity contribution in [3.05, 3.63) is 17.2 Å². The third-order valence-corrected chi connectivity index (χ3v) is 2.69. The normalized spacial score (nSPS) is 13.8. The molecule has 0 aromatic heterocycles. The summed E-state index contributed by atoms with van der Waals surface area (Å²) in [4.78, 5) is 11.2. The van der Waals surface area contributed by atoms with Crippen molar-refractivity contribution in [2.45, 2.75) is 19.8 Å². The van der Waals surface area contributed by atoms with Gasteiger partial charge in [0.25, 0.3) is 0 Å². The number of carboxylic acids is 1. The molecule has 1 heterocycles. The highest BCUT2D eigenvalue weighted by atomic mass is 16.6. The molecule has 92 valence electrons. The third kappa shape index (κ3) is 1.88. The van der Waals surface area contributed by atoms with E-state index >= 15 is 0 Å². The second-order valence-corrected chi connectivity index (χ2v) is 4.24. The van der Waals surface area contributed by atoms with Gasteiger partial charge in [-0.15, -0.1) is 0 Å². The van der Waals surface area contributed by atoms with Crippen molar-refractivity contribution >= 4 is 11.7 Å². The Morgan fingerprint density at radius 3 is 2.47 bits per heavy atom. The number of fused-ring (bicyclic) bond motifs is 1. The molecular weight excluding hydrogens is 222 g/mol. The minimum absolute atomic E-state index is 0.0251. The Hall–Kier alpha value is -1.91. The third-order valence-electron chi connectivity index (χ3n) is 2.69. The van der Waals surface area contributed by atoms with Gasteiger partial charge in [0, 0.05) is 5.56 Å². The van der Waals surface area contributed by atoms with Crippen LogP contribution in [0.25, 0.3) is 0 Å².